The van der Waals surface area contributed by atoms with Gasteiger partial charge in [-0.1, -0.05) is 262 Å². The Morgan fingerprint density at radius 1 is 0.468 bits per heavy atom. The molecule has 6 N–H and O–H groups in total. The highest BCUT2D eigenvalue weighted by atomic mass is 16.7. The standard InChI is InChI=1S/C66H123NO10/c1-3-5-7-9-11-13-32-36-40-44-48-52-59(69)58(57-76-66-65(74)64(73)63(72)60(56-68)77-66)67-61(70)53-49-45-41-37-34-30-28-26-24-22-20-18-16-15-17-19-21-23-25-27-29-31-35-39-43-47-51-55-75-62(71)54-50-46-42-38-33-14-12-10-8-6-4-2/h15-16,32,36,48,52,58-60,63-66,68-69,72-74H,3-14,17-31,33-35,37-47,49-51,53-57H2,1-2H3,(H,67,70)/b16-15-,36-32+,52-48+. The predicted octanol–water partition coefficient (Wildman–Crippen LogP) is 15.8. The van der Waals surface area contributed by atoms with Gasteiger partial charge in [0, 0.05) is 12.8 Å². The molecule has 11 nitrogen and oxygen atoms in total. The summed E-state index contributed by atoms with van der Waals surface area (Å²) in [6.07, 6.45) is 59.8. The first kappa shape index (κ1) is 72.9. The third-order valence-electron chi connectivity index (χ3n) is 15.5. The second kappa shape index (κ2) is 55.8. The van der Waals surface area contributed by atoms with Crippen LogP contribution in [0.2, 0.25) is 0 Å². The summed E-state index contributed by atoms with van der Waals surface area (Å²) in [5.74, 6) is -0.188. The summed E-state index contributed by atoms with van der Waals surface area (Å²) in [4.78, 5) is 25.0. The van der Waals surface area contributed by atoms with Crippen molar-refractivity contribution >= 4 is 11.9 Å². The fraction of sp³-hybridized carbons (Fsp3) is 0.879. The minimum Gasteiger partial charge on any atom is -0.466 e. The predicted molar refractivity (Wildman–Crippen MR) is 320 cm³/mol. The maximum Gasteiger partial charge on any atom is 0.305 e. The number of aliphatic hydroxyl groups excluding tert-OH is 5. The molecule has 0 aromatic heterocycles. The summed E-state index contributed by atoms with van der Waals surface area (Å²) < 4.78 is 16.7. The summed E-state index contributed by atoms with van der Waals surface area (Å²) >= 11 is 0. The van der Waals surface area contributed by atoms with Crippen LogP contribution in [0.3, 0.4) is 0 Å². The first-order valence-corrected chi connectivity index (χ1v) is 32.8. The van der Waals surface area contributed by atoms with E-state index in [1.165, 1.54) is 225 Å². The molecule has 0 spiro atoms. The maximum absolute atomic E-state index is 13.0. The molecule has 0 aromatic carbocycles. The van der Waals surface area contributed by atoms with Gasteiger partial charge >= 0.3 is 5.97 Å². The van der Waals surface area contributed by atoms with Crippen molar-refractivity contribution in [1.29, 1.82) is 0 Å². The lowest BCUT2D eigenvalue weighted by Gasteiger charge is -2.40. The lowest BCUT2D eigenvalue weighted by Crippen LogP contribution is -2.60. The lowest BCUT2D eigenvalue weighted by atomic mass is 9.99. The Hall–Kier alpha value is -2.12. The molecule has 1 fully saturated rings. The zero-order valence-corrected chi connectivity index (χ0v) is 49.9. The molecule has 452 valence electrons. The maximum atomic E-state index is 13.0. The highest BCUT2D eigenvalue weighted by molar-refractivity contribution is 5.76. The molecular weight excluding hydrogens is 967 g/mol. The third-order valence-corrected chi connectivity index (χ3v) is 15.5. The normalized spacial score (nSPS) is 18.8. The van der Waals surface area contributed by atoms with Crippen molar-refractivity contribution < 1.29 is 49.3 Å². The first-order chi connectivity index (χ1) is 37.7. The average Bonchev–Trinajstić information content (AvgIpc) is 3.43. The van der Waals surface area contributed by atoms with E-state index in [0.29, 0.717) is 19.4 Å². The molecule has 1 aliphatic heterocycles. The van der Waals surface area contributed by atoms with Gasteiger partial charge in [-0.15, -0.1) is 0 Å². The first-order valence-electron chi connectivity index (χ1n) is 32.8. The Labute approximate surface area is 473 Å². The number of unbranched alkanes of at least 4 members (excludes halogenated alkanes) is 39. The zero-order chi connectivity index (χ0) is 55.9. The second-order valence-corrected chi connectivity index (χ2v) is 22.8. The molecule has 0 bridgehead atoms. The van der Waals surface area contributed by atoms with E-state index in [2.05, 4.69) is 43.5 Å². The van der Waals surface area contributed by atoms with Gasteiger partial charge in [-0.25, -0.2) is 0 Å². The smallest absolute Gasteiger partial charge is 0.305 e. The summed E-state index contributed by atoms with van der Waals surface area (Å²) in [6.45, 7) is 4.32. The van der Waals surface area contributed by atoms with Crippen molar-refractivity contribution in [2.45, 2.75) is 352 Å². The van der Waals surface area contributed by atoms with Crippen LogP contribution in [0.25, 0.3) is 0 Å². The molecule has 11 heteroatoms. The fourth-order valence-corrected chi connectivity index (χ4v) is 10.3. The molecule has 0 aromatic rings. The highest BCUT2D eigenvalue weighted by Crippen LogP contribution is 2.23. The zero-order valence-electron chi connectivity index (χ0n) is 49.9. The molecule has 1 rings (SSSR count). The van der Waals surface area contributed by atoms with Crippen LogP contribution in [0.15, 0.2) is 36.5 Å². The van der Waals surface area contributed by atoms with E-state index < -0.39 is 49.5 Å². The second-order valence-electron chi connectivity index (χ2n) is 22.8. The Kier molecular flexibility index (Phi) is 52.8. The van der Waals surface area contributed by atoms with Crippen LogP contribution in [0.1, 0.15) is 309 Å². The fourth-order valence-electron chi connectivity index (χ4n) is 10.3. The van der Waals surface area contributed by atoms with Crippen molar-refractivity contribution in [2.24, 2.45) is 0 Å². The van der Waals surface area contributed by atoms with Crippen LogP contribution in [-0.2, 0) is 23.8 Å². The van der Waals surface area contributed by atoms with E-state index in [1.54, 1.807) is 6.08 Å². The number of rotatable bonds is 57. The van der Waals surface area contributed by atoms with Gasteiger partial charge in [-0.3, -0.25) is 9.59 Å². The van der Waals surface area contributed by atoms with Crippen molar-refractivity contribution in [3.8, 4) is 0 Å². The van der Waals surface area contributed by atoms with E-state index >= 15 is 0 Å². The van der Waals surface area contributed by atoms with Crippen LogP contribution in [0.4, 0.5) is 0 Å². The molecule has 0 aliphatic carbocycles. The van der Waals surface area contributed by atoms with Gasteiger partial charge in [0.05, 0.1) is 32.0 Å². The number of carbonyl (C=O) groups is 2. The van der Waals surface area contributed by atoms with Crippen LogP contribution in [0.5, 0.6) is 0 Å². The minimum atomic E-state index is -1.58. The van der Waals surface area contributed by atoms with Crippen LogP contribution in [-0.4, -0.2) is 100 Å². The molecule has 1 saturated heterocycles. The van der Waals surface area contributed by atoms with Gasteiger partial charge in [0.2, 0.25) is 5.91 Å². The van der Waals surface area contributed by atoms with Crippen molar-refractivity contribution in [1.82, 2.24) is 5.32 Å². The van der Waals surface area contributed by atoms with Crippen LogP contribution in [0, 0.1) is 0 Å². The minimum absolute atomic E-state index is 0.00491. The molecule has 7 unspecified atom stereocenters. The largest absolute Gasteiger partial charge is 0.466 e. The molecule has 0 saturated carbocycles. The molecule has 7 atom stereocenters. The summed E-state index contributed by atoms with van der Waals surface area (Å²) in [5.41, 5.74) is 0. The van der Waals surface area contributed by atoms with E-state index in [4.69, 9.17) is 14.2 Å². The highest BCUT2D eigenvalue weighted by Gasteiger charge is 2.44. The van der Waals surface area contributed by atoms with Gasteiger partial charge < -0.3 is 45.1 Å². The number of nitrogens with one attached hydrogen (secondary N) is 1. The van der Waals surface area contributed by atoms with Crippen molar-refractivity contribution in [3.63, 3.8) is 0 Å². The number of carbonyl (C=O) groups excluding carboxylic acids is 2. The van der Waals surface area contributed by atoms with Gasteiger partial charge in [-0.05, 0) is 70.6 Å². The van der Waals surface area contributed by atoms with Gasteiger partial charge in [0.1, 0.15) is 24.4 Å². The SMILES string of the molecule is CCCCCCC/C=C/CC/C=C/C(O)C(COC1OC(CO)C(O)C(O)C1O)NC(=O)CCCCCCCCCCCCC/C=C\CCCCCCCCCCCCCCOC(=O)CCCCCCCCCCCCC. The quantitative estimate of drug-likeness (QED) is 0.0195. The number of hydrogen-bond donors (Lipinski definition) is 6. The molecule has 1 amide bonds. The average molecular weight is 1090 g/mol. The molecule has 1 aliphatic rings. The summed E-state index contributed by atoms with van der Waals surface area (Å²) in [7, 11) is 0. The molecule has 1 heterocycles. The van der Waals surface area contributed by atoms with Gasteiger partial charge in [0.25, 0.3) is 0 Å². The molecule has 0 radical (unpaired) electrons. The lowest BCUT2D eigenvalue weighted by molar-refractivity contribution is -0.302. The number of allylic oxidation sites excluding steroid dienone is 5. The Morgan fingerprint density at radius 2 is 0.844 bits per heavy atom. The number of esters is 1. The molecule has 77 heavy (non-hydrogen) atoms. The third kappa shape index (κ3) is 45.2. The Balaban J connectivity index is 2.00. The molecular formula is C66H123NO10. The summed E-state index contributed by atoms with van der Waals surface area (Å²) in [5, 5.41) is 54.3. The number of amides is 1. The van der Waals surface area contributed by atoms with E-state index in [9.17, 15) is 35.1 Å². The van der Waals surface area contributed by atoms with Crippen LogP contribution >= 0.6 is 0 Å². The number of ether oxygens (including phenoxy) is 3. The van der Waals surface area contributed by atoms with Crippen molar-refractivity contribution in [2.75, 3.05) is 19.8 Å². The van der Waals surface area contributed by atoms with Crippen LogP contribution < -0.4 is 5.32 Å². The van der Waals surface area contributed by atoms with E-state index in [1.807, 2.05) is 6.08 Å². The Bertz CT molecular complexity index is 1370. The summed E-state index contributed by atoms with van der Waals surface area (Å²) in [6, 6.07) is -0.827. The van der Waals surface area contributed by atoms with Gasteiger partial charge in [-0.2, -0.15) is 0 Å². The topological polar surface area (TPSA) is 175 Å². The van der Waals surface area contributed by atoms with E-state index in [0.717, 1.165) is 57.8 Å². The van der Waals surface area contributed by atoms with Crippen molar-refractivity contribution in [3.05, 3.63) is 36.5 Å². The number of hydrogen-bond acceptors (Lipinski definition) is 10. The van der Waals surface area contributed by atoms with E-state index in [-0.39, 0.29) is 18.5 Å². The monoisotopic (exact) mass is 1090 g/mol. The number of aliphatic hydroxyl groups is 5. The van der Waals surface area contributed by atoms with Gasteiger partial charge in [0.15, 0.2) is 6.29 Å². The Morgan fingerprint density at radius 3 is 1.29 bits per heavy atom.